The van der Waals surface area contributed by atoms with Gasteiger partial charge in [-0.25, -0.2) is 22.7 Å². The number of carbonyl (C=O) groups excluding carboxylic acids is 2. The van der Waals surface area contributed by atoms with Gasteiger partial charge < -0.3 is 10.1 Å². The molecule has 0 atom stereocenters. The van der Waals surface area contributed by atoms with E-state index in [0.717, 1.165) is 4.90 Å². The number of nitrogens with one attached hydrogen (secondary N) is 3. The van der Waals surface area contributed by atoms with Gasteiger partial charge in [0.05, 0.1) is 12.8 Å². The summed E-state index contributed by atoms with van der Waals surface area (Å²) in [6.07, 6.45) is 0. The van der Waals surface area contributed by atoms with E-state index in [4.69, 9.17) is 4.74 Å². The molecular weight excluding hydrogens is 390 g/mol. The summed E-state index contributed by atoms with van der Waals surface area (Å²) < 4.78 is 32.0. The summed E-state index contributed by atoms with van der Waals surface area (Å²) in [6, 6.07) is 4.07. The van der Waals surface area contributed by atoms with Crippen molar-refractivity contribution < 1.29 is 22.7 Å². The van der Waals surface area contributed by atoms with E-state index in [-0.39, 0.29) is 28.4 Å². The lowest BCUT2D eigenvalue weighted by molar-refractivity contribution is 0.249. The van der Waals surface area contributed by atoms with E-state index in [1.807, 2.05) is 4.72 Å². The fourth-order valence-corrected chi connectivity index (χ4v) is 3.29. The lowest BCUT2D eigenvalue weighted by atomic mass is 10.3. The second kappa shape index (κ2) is 8.47. The number of amides is 4. The van der Waals surface area contributed by atoms with Crippen molar-refractivity contribution in [3.05, 3.63) is 30.1 Å². The quantitative estimate of drug-likeness (QED) is 0.644. The summed E-state index contributed by atoms with van der Waals surface area (Å²) in [5, 5.41) is 4.59. The summed E-state index contributed by atoms with van der Waals surface area (Å²) in [4.78, 5) is 36.4. The molecule has 0 spiro atoms. The molecule has 3 N–H and O–H groups in total. The predicted octanol–water partition coefficient (Wildman–Crippen LogP) is 0.475. The van der Waals surface area contributed by atoms with Crippen LogP contribution in [0.25, 0.3) is 0 Å². The fraction of sp³-hybridized carbons (Fsp3) is 0.267. The van der Waals surface area contributed by atoms with Gasteiger partial charge in [0.15, 0.2) is 0 Å². The number of aromatic nitrogens is 3. The number of rotatable bonds is 5. The standard InChI is InChI=1S/C15H19N7O5S/c1-9-17-12(20-14(18-9)27-4)19-13(23)21-28(25,26)11-8-6-5-7-10(11)22(3)15(24)16-2/h5-8H,1-4H3,(H,16,24)(H2,17,18,19,20,21,23). The number of hydrogen-bond donors (Lipinski definition) is 3. The summed E-state index contributed by atoms with van der Waals surface area (Å²) in [5.74, 6) is 0.0790. The number of hydrogen-bond acceptors (Lipinski definition) is 8. The minimum Gasteiger partial charge on any atom is -0.467 e. The molecule has 13 heteroatoms. The zero-order chi connectivity index (χ0) is 20.9. The Hall–Kier alpha value is -3.48. The lowest BCUT2D eigenvalue weighted by Crippen LogP contribution is -2.38. The van der Waals surface area contributed by atoms with Gasteiger partial charge in [0.25, 0.3) is 10.0 Å². The minimum atomic E-state index is -4.31. The molecule has 150 valence electrons. The number of benzene rings is 1. The average Bonchev–Trinajstić information content (AvgIpc) is 2.65. The Bertz CT molecular complexity index is 996. The summed E-state index contributed by atoms with van der Waals surface area (Å²) >= 11 is 0. The number of nitrogens with zero attached hydrogens (tertiary/aromatic N) is 4. The van der Waals surface area contributed by atoms with E-state index in [2.05, 4.69) is 25.6 Å². The molecule has 0 radical (unpaired) electrons. The molecule has 28 heavy (non-hydrogen) atoms. The SMILES string of the molecule is CNC(=O)N(C)c1ccccc1S(=O)(=O)NC(=O)Nc1nc(C)nc(OC)n1. The summed E-state index contributed by atoms with van der Waals surface area (Å²) in [7, 11) is -0.167. The number of aryl methyl sites for hydroxylation is 1. The van der Waals surface area contributed by atoms with Gasteiger partial charge in [-0.05, 0) is 19.1 Å². The molecule has 0 aliphatic carbocycles. The molecule has 0 aliphatic rings. The maximum atomic E-state index is 12.7. The van der Waals surface area contributed by atoms with Gasteiger partial charge >= 0.3 is 18.1 Å². The smallest absolute Gasteiger partial charge is 0.335 e. The monoisotopic (exact) mass is 409 g/mol. The highest BCUT2D eigenvalue weighted by Crippen LogP contribution is 2.24. The van der Waals surface area contributed by atoms with E-state index in [1.165, 1.54) is 39.4 Å². The fourth-order valence-electron chi connectivity index (χ4n) is 2.15. The lowest BCUT2D eigenvalue weighted by Gasteiger charge is -2.20. The average molecular weight is 409 g/mol. The molecule has 0 unspecified atom stereocenters. The van der Waals surface area contributed by atoms with Crippen molar-refractivity contribution >= 4 is 33.7 Å². The highest BCUT2D eigenvalue weighted by molar-refractivity contribution is 7.90. The van der Waals surface area contributed by atoms with E-state index >= 15 is 0 Å². The molecule has 12 nitrogen and oxygen atoms in total. The second-order valence-corrected chi connectivity index (χ2v) is 6.99. The normalized spacial score (nSPS) is 10.7. The molecule has 1 heterocycles. The Morgan fingerprint density at radius 2 is 1.82 bits per heavy atom. The number of sulfonamides is 1. The number of methoxy groups -OCH3 is 1. The Morgan fingerprint density at radius 3 is 2.46 bits per heavy atom. The van der Waals surface area contributed by atoms with Crippen LogP contribution in [0.5, 0.6) is 6.01 Å². The van der Waals surface area contributed by atoms with Crippen molar-refractivity contribution in [1.82, 2.24) is 25.0 Å². The summed E-state index contributed by atoms with van der Waals surface area (Å²) in [6.45, 7) is 1.55. The first kappa shape index (κ1) is 20.8. The van der Waals surface area contributed by atoms with Gasteiger partial charge in [0.1, 0.15) is 10.7 Å². The van der Waals surface area contributed by atoms with Crippen LogP contribution in [0, 0.1) is 6.92 Å². The van der Waals surface area contributed by atoms with Crippen LogP contribution in [0.2, 0.25) is 0 Å². The minimum absolute atomic E-state index is 0.0387. The van der Waals surface area contributed by atoms with Crippen molar-refractivity contribution in [2.45, 2.75) is 11.8 Å². The Labute approximate surface area is 161 Å². The van der Waals surface area contributed by atoms with Crippen molar-refractivity contribution in [2.24, 2.45) is 0 Å². The van der Waals surface area contributed by atoms with E-state index in [1.54, 1.807) is 13.0 Å². The molecule has 0 saturated carbocycles. The van der Waals surface area contributed by atoms with Crippen LogP contribution in [0.1, 0.15) is 5.82 Å². The third kappa shape index (κ3) is 4.82. The van der Waals surface area contributed by atoms with Gasteiger partial charge in [-0.3, -0.25) is 10.2 Å². The predicted molar refractivity (Wildman–Crippen MR) is 99.8 cm³/mol. The van der Waals surface area contributed by atoms with Crippen LogP contribution >= 0.6 is 0 Å². The molecular formula is C15H19N7O5S. The largest absolute Gasteiger partial charge is 0.467 e. The van der Waals surface area contributed by atoms with Gasteiger partial charge in [0, 0.05) is 14.1 Å². The van der Waals surface area contributed by atoms with Crippen LogP contribution in [-0.2, 0) is 10.0 Å². The van der Waals surface area contributed by atoms with Crippen molar-refractivity contribution in [3.63, 3.8) is 0 Å². The Morgan fingerprint density at radius 1 is 1.14 bits per heavy atom. The number of urea groups is 2. The van der Waals surface area contributed by atoms with E-state index in [9.17, 15) is 18.0 Å². The second-order valence-electron chi connectivity index (χ2n) is 5.33. The highest BCUT2D eigenvalue weighted by Gasteiger charge is 2.25. The van der Waals surface area contributed by atoms with Gasteiger partial charge in [-0.15, -0.1) is 0 Å². The maximum absolute atomic E-state index is 12.7. The number of ether oxygens (including phenoxy) is 1. The maximum Gasteiger partial charge on any atom is 0.335 e. The first-order valence-electron chi connectivity index (χ1n) is 7.83. The Balaban J connectivity index is 2.26. The molecule has 0 bridgehead atoms. The van der Waals surface area contributed by atoms with Crippen LogP contribution in [0.15, 0.2) is 29.2 Å². The molecule has 0 aliphatic heterocycles. The zero-order valence-corrected chi connectivity index (χ0v) is 16.4. The van der Waals surface area contributed by atoms with Crippen LogP contribution in [-0.4, -0.2) is 56.6 Å². The van der Waals surface area contributed by atoms with Gasteiger partial charge in [0.2, 0.25) is 5.95 Å². The molecule has 2 aromatic rings. The molecule has 4 amide bonds. The van der Waals surface area contributed by atoms with Crippen molar-refractivity contribution in [1.29, 1.82) is 0 Å². The number of carbonyl (C=O) groups is 2. The molecule has 1 aromatic heterocycles. The number of anilines is 2. The van der Waals surface area contributed by atoms with E-state index < -0.39 is 22.1 Å². The summed E-state index contributed by atoms with van der Waals surface area (Å²) in [5.41, 5.74) is 0.0832. The van der Waals surface area contributed by atoms with E-state index in [0.29, 0.717) is 0 Å². The topological polar surface area (TPSA) is 156 Å². The molecule has 1 aromatic carbocycles. The zero-order valence-electron chi connectivity index (χ0n) is 15.5. The van der Waals surface area contributed by atoms with Crippen LogP contribution < -0.4 is 25.0 Å². The number of para-hydroxylation sites is 1. The first-order chi connectivity index (χ1) is 13.2. The van der Waals surface area contributed by atoms with Gasteiger partial charge in [-0.1, -0.05) is 12.1 Å². The molecule has 0 fully saturated rings. The van der Waals surface area contributed by atoms with Crippen molar-refractivity contribution in [3.8, 4) is 6.01 Å². The Kier molecular flexibility index (Phi) is 6.30. The van der Waals surface area contributed by atoms with Gasteiger partial charge in [-0.2, -0.15) is 15.0 Å². The van der Waals surface area contributed by atoms with Crippen LogP contribution in [0.4, 0.5) is 21.2 Å². The van der Waals surface area contributed by atoms with Crippen molar-refractivity contribution in [2.75, 3.05) is 31.4 Å². The molecule has 0 saturated heterocycles. The first-order valence-corrected chi connectivity index (χ1v) is 9.31. The van der Waals surface area contributed by atoms with Crippen LogP contribution in [0.3, 0.4) is 0 Å². The third-order valence-corrected chi connectivity index (χ3v) is 4.77. The highest BCUT2D eigenvalue weighted by atomic mass is 32.2. The molecule has 2 rings (SSSR count). The third-order valence-electron chi connectivity index (χ3n) is 3.40.